The van der Waals surface area contributed by atoms with Gasteiger partial charge in [-0.25, -0.2) is 4.79 Å². The topological polar surface area (TPSA) is 103 Å². The van der Waals surface area contributed by atoms with Crippen molar-refractivity contribution >= 4 is 12.0 Å². The van der Waals surface area contributed by atoms with Crippen LogP contribution in [-0.4, -0.2) is 36.7 Å². The molecule has 0 saturated carbocycles. The minimum absolute atomic E-state index is 0.387. The zero-order chi connectivity index (χ0) is 22.0. The number of hydrogen-bond donors (Lipinski definition) is 3. The van der Waals surface area contributed by atoms with Gasteiger partial charge >= 0.3 is 6.09 Å². The van der Waals surface area contributed by atoms with Crippen LogP contribution in [-0.2, 0) is 16.0 Å². The smallest absolute Gasteiger partial charge is 0.408 e. The number of rotatable bonds is 10. The van der Waals surface area contributed by atoms with Gasteiger partial charge in [-0.1, -0.05) is 30.3 Å². The Morgan fingerprint density at radius 3 is 2.20 bits per heavy atom. The summed E-state index contributed by atoms with van der Waals surface area (Å²) in [5.41, 5.74) is 5.91. The fourth-order valence-corrected chi connectivity index (χ4v) is 2.69. The summed E-state index contributed by atoms with van der Waals surface area (Å²) in [4.78, 5) is 23.4. The number of benzene rings is 2. The predicted molar refractivity (Wildman–Crippen MR) is 117 cm³/mol. The van der Waals surface area contributed by atoms with Crippen molar-refractivity contribution in [3.8, 4) is 11.5 Å². The number of amides is 2. The van der Waals surface area contributed by atoms with Gasteiger partial charge in [-0.2, -0.15) is 0 Å². The van der Waals surface area contributed by atoms with Gasteiger partial charge in [0.1, 0.15) is 23.1 Å². The van der Waals surface area contributed by atoms with E-state index in [1.807, 2.05) is 54.6 Å². The molecule has 0 spiro atoms. The zero-order valence-electron chi connectivity index (χ0n) is 17.8. The van der Waals surface area contributed by atoms with Crippen LogP contribution in [0.5, 0.6) is 11.5 Å². The van der Waals surface area contributed by atoms with E-state index >= 15 is 0 Å². The molecule has 0 aromatic heterocycles. The molecule has 1 unspecified atom stereocenters. The monoisotopic (exact) mass is 413 g/mol. The van der Waals surface area contributed by atoms with Crippen molar-refractivity contribution in [1.82, 2.24) is 10.6 Å². The number of hydrogen-bond acceptors (Lipinski definition) is 5. The molecule has 0 bridgehead atoms. The molecular weight excluding hydrogens is 382 g/mol. The molecule has 2 aromatic rings. The maximum Gasteiger partial charge on any atom is 0.408 e. The Kier molecular flexibility index (Phi) is 8.68. The largest absolute Gasteiger partial charge is 0.457 e. The van der Waals surface area contributed by atoms with Gasteiger partial charge in [-0.3, -0.25) is 4.79 Å². The first-order valence-electron chi connectivity index (χ1n) is 10.0. The van der Waals surface area contributed by atoms with E-state index in [0.29, 0.717) is 13.0 Å². The van der Waals surface area contributed by atoms with Crippen molar-refractivity contribution in [2.45, 2.75) is 45.3 Å². The van der Waals surface area contributed by atoms with Crippen LogP contribution in [0.2, 0.25) is 0 Å². The third-order valence-corrected chi connectivity index (χ3v) is 4.14. The highest BCUT2D eigenvalue weighted by molar-refractivity contribution is 5.84. The van der Waals surface area contributed by atoms with Gasteiger partial charge in [0.2, 0.25) is 5.91 Å². The highest BCUT2D eigenvalue weighted by atomic mass is 16.6. The maximum absolute atomic E-state index is 11.8. The quantitative estimate of drug-likeness (QED) is 0.518. The number of ether oxygens (including phenoxy) is 2. The van der Waals surface area contributed by atoms with Gasteiger partial charge in [0.05, 0.1) is 0 Å². The summed E-state index contributed by atoms with van der Waals surface area (Å²) in [6.07, 6.45) is 0.564. The van der Waals surface area contributed by atoms with E-state index in [2.05, 4.69) is 10.6 Å². The van der Waals surface area contributed by atoms with Crippen LogP contribution in [0.3, 0.4) is 0 Å². The number of nitrogens with two attached hydrogens (primary N) is 1. The fourth-order valence-electron chi connectivity index (χ4n) is 2.69. The lowest BCUT2D eigenvalue weighted by molar-refractivity contribution is -0.120. The number of alkyl carbamates (subject to hydrolysis) is 1. The minimum atomic E-state index is -0.776. The summed E-state index contributed by atoms with van der Waals surface area (Å²) in [6, 6.07) is 16.8. The van der Waals surface area contributed by atoms with E-state index in [4.69, 9.17) is 15.2 Å². The van der Waals surface area contributed by atoms with Gasteiger partial charge in [0.25, 0.3) is 0 Å². The number of nitrogens with one attached hydrogen (secondary N) is 2. The lowest BCUT2D eigenvalue weighted by Crippen LogP contribution is -2.47. The summed E-state index contributed by atoms with van der Waals surface area (Å²) in [5, 5.41) is 5.78. The van der Waals surface area contributed by atoms with Crippen molar-refractivity contribution in [3.05, 3.63) is 60.2 Å². The maximum atomic E-state index is 11.8. The SMILES string of the molecule is CC(C)(C)OC(=O)NC(CCNCCc1ccc(Oc2ccccc2)cc1)C(N)=O. The Balaban J connectivity index is 1.69. The molecule has 0 radical (unpaired) electrons. The lowest BCUT2D eigenvalue weighted by Gasteiger charge is -2.22. The lowest BCUT2D eigenvalue weighted by atomic mass is 10.1. The molecule has 30 heavy (non-hydrogen) atoms. The first-order chi connectivity index (χ1) is 14.2. The molecular formula is C23H31N3O4. The fraction of sp³-hybridized carbons (Fsp3) is 0.391. The van der Waals surface area contributed by atoms with Crippen LogP contribution in [0, 0.1) is 0 Å². The Bertz CT molecular complexity index is 801. The molecule has 0 aliphatic heterocycles. The van der Waals surface area contributed by atoms with Gasteiger partial charge < -0.3 is 25.8 Å². The first-order valence-corrected chi connectivity index (χ1v) is 10.0. The number of carbonyl (C=O) groups is 2. The standard InChI is InChI=1S/C23H31N3O4/c1-23(2,3)30-22(28)26-20(21(24)27)14-16-25-15-13-17-9-11-19(12-10-17)29-18-7-5-4-6-8-18/h4-12,20,25H,13-16H2,1-3H3,(H2,24,27)(H,26,28). The number of para-hydroxylation sites is 1. The van der Waals surface area contributed by atoms with Crippen LogP contribution in [0.1, 0.15) is 32.8 Å². The molecule has 0 aliphatic rings. The summed E-state index contributed by atoms with van der Waals surface area (Å²) < 4.78 is 10.9. The Hall–Kier alpha value is -3.06. The Morgan fingerprint density at radius 2 is 1.60 bits per heavy atom. The van der Waals surface area contributed by atoms with Crippen molar-refractivity contribution in [1.29, 1.82) is 0 Å². The molecule has 0 heterocycles. The number of carbonyl (C=O) groups excluding carboxylic acids is 2. The summed E-state index contributed by atoms with van der Waals surface area (Å²) in [7, 11) is 0. The third kappa shape index (κ3) is 8.96. The van der Waals surface area contributed by atoms with Crippen molar-refractivity contribution in [2.24, 2.45) is 5.73 Å². The second-order valence-corrected chi connectivity index (χ2v) is 7.95. The van der Waals surface area contributed by atoms with E-state index in [9.17, 15) is 9.59 Å². The molecule has 1 atom stereocenters. The molecule has 162 valence electrons. The average molecular weight is 414 g/mol. The van der Waals surface area contributed by atoms with Crippen molar-refractivity contribution in [3.63, 3.8) is 0 Å². The highest BCUT2D eigenvalue weighted by Crippen LogP contribution is 2.21. The van der Waals surface area contributed by atoms with E-state index in [1.54, 1.807) is 20.8 Å². The van der Waals surface area contributed by atoms with Crippen LogP contribution < -0.4 is 21.1 Å². The molecule has 4 N–H and O–H groups in total. The second kappa shape index (κ2) is 11.2. The normalized spacial score (nSPS) is 12.1. The first kappa shape index (κ1) is 23.2. The predicted octanol–water partition coefficient (Wildman–Crippen LogP) is 3.38. The van der Waals surface area contributed by atoms with E-state index < -0.39 is 23.6 Å². The average Bonchev–Trinajstić information content (AvgIpc) is 2.67. The molecule has 2 aromatic carbocycles. The molecule has 7 heteroatoms. The van der Waals surface area contributed by atoms with Crippen molar-refractivity contribution in [2.75, 3.05) is 13.1 Å². The molecule has 7 nitrogen and oxygen atoms in total. The molecule has 0 fully saturated rings. The van der Waals surface area contributed by atoms with Crippen LogP contribution in [0.25, 0.3) is 0 Å². The second-order valence-electron chi connectivity index (χ2n) is 7.95. The van der Waals surface area contributed by atoms with Gasteiger partial charge in [0, 0.05) is 0 Å². The Labute approximate surface area is 177 Å². The molecule has 2 rings (SSSR count). The molecule has 0 saturated heterocycles. The van der Waals surface area contributed by atoms with Crippen molar-refractivity contribution < 1.29 is 19.1 Å². The molecule has 0 aliphatic carbocycles. The summed E-state index contributed by atoms with van der Waals surface area (Å²) in [6.45, 7) is 6.55. The van der Waals surface area contributed by atoms with E-state index in [0.717, 1.165) is 24.5 Å². The molecule has 2 amide bonds. The summed E-state index contributed by atoms with van der Waals surface area (Å²) >= 11 is 0. The van der Waals surface area contributed by atoms with Gasteiger partial charge in [0.15, 0.2) is 0 Å². The number of primary amides is 1. The van der Waals surface area contributed by atoms with Crippen LogP contribution in [0.15, 0.2) is 54.6 Å². The highest BCUT2D eigenvalue weighted by Gasteiger charge is 2.22. The van der Waals surface area contributed by atoms with E-state index in [1.165, 1.54) is 5.56 Å². The third-order valence-electron chi connectivity index (χ3n) is 4.14. The van der Waals surface area contributed by atoms with Crippen LogP contribution >= 0.6 is 0 Å². The van der Waals surface area contributed by atoms with Crippen LogP contribution in [0.4, 0.5) is 4.79 Å². The summed E-state index contributed by atoms with van der Waals surface area (Å²) in [5.74, 6) is 1.00. The van der Waals surface area contributed by atoms with E-state index in [-0.39, 0.29) is 0 Å². The van der Waals surface area contributed by atoms with Gasteiger partial charge in [-0.05, 0) is 76.5 Å². The van der Waals surface area contributed by atoms with Gasteiger partial charge in [-0.15, -0.1) is 0 Å². The zero-order valence-corrected chi connectivity index (χ0v) is 17.8. The Morgan fingerprint density at radius 1 is 0.967 bits per heavy atom. The minimum Gasteiger partial charge on any atom is -0.457 e.